The Morgan fingerprint density at radius 2 is 2.37 bits per heavy atom. The van der Waals surface area contributed by atoms with Crippen LogP contribution < -0.4 is 11.1 Å². The zero-order valence-electron chi connectivity index (χ0n) is 11.0. The minimum Gasteiger partial charge on any atom is -0.397 e. The van der Waals surface area contributed by atoms with Gasteiger partial charge in [-0.05, 0) is 31.0 Å². The summed E-state index contributed by atoms with van der Waals surface area (Å²) in [5.74, 6) is -0.0950. The van der Waals surface area contributed by atoms with Crippen LogP contribution in [0.1, 0.15) is 23.0 Å². The third-order valence-corrected chi connectivity index (χ3v) is 2.91. The lowest BCUT2D eigenvalue weighted by Gasteiger charge is -2.07. The zero-order valence-corrected chi connectivity index (χ0v) is 11.0. The van der Waals surface area contributed by atoms with Crippen molar-refractivity contribution in [2.45, 2.75) is 19.9 Å². The van der Waals surface area contributed by atoms with Crippen molar-refractivity contribution >= 4 is 11.6 Å². The molecule has 5 nitrogen and oxygen atoms in total. The maximum atomic E-state index is 12.0. The summed E-state index contributed by atoms with van der Waals surface area (Å²) in [5, 5.41) is 2.89. The topological polar surface area (TPSA) is 72.9 Å². The predicted octanol–water partition coefficient (Wildman–Crippen LogP) is 1.46. The molecule has 2 aromatic heterocycles. The lowest BCUT2D eigenvalue weighted by Crippen LogP contribution is -2.27. The molecule has 0 radical (unpaired) electrons. The number of hydrogen-bond acceptors (Lipinski definition) is 3. The monoisotopic (exact) mass is 258 g/mol. The van der Waals surface area contributed by atoms with E-state index in [-0.39, 0.29) is 5.91 Å². The number of anilines is 1. The van der Waals surface area contributed by atoms with Crippen LogP contribution in [-0.2, 0) is 13.0 Å². The Morgan fingerprint density at radius 1 is 1.53 bits per heavy atom. The highest BCUT2D eigenvalue weighted by atomic mass is 16.1. The molecule has 3 N–H and O–H groups in total. The molecule has 2 aromatic rings. The largest absolute Gasteiger partial charge is 0.397 e. The van der Waals surface area contributed by atoms with E-state index in [1.165, 1.54) is 0 Å². The molecule has 1 amide bonds. The van der Waals surface area contributed by atoms with Gasteiger partial charge in [0, 0.05) is 31.7 Å². The number of nitrogens with two attached hydrogens (primary N) is 1. The second-order valence-corrected chi connectivity index (χ2v) is 4.31. The Hall–Kier alpha value is -2.30. The molecule has 0 aromatic carbocycles. The van der Waals surface area contributed by atoms with Gasteiger partial charge in [-0.2, -0.15) is 0 Å². The summed E-state index contributed by atoms with van der Waals surface area (Å²) < 4.78 is 1.84. The van der Waals surface area contributed by atoms with Crippen LogP contribution in [0.25, 0.3) is 0 Å². The molecule has 0 fully saturated rings. The van der Waals surface area contributed by atoms with Gasteiger partial charge in [0.1, 0.15) is 5.69 Å². The number of rotatable bonds is 5. The van der Waals surface area contributed by atoms with Gasteiger partial charge in [0.25, 0.3) is 5.91 Å². The van der Waals surface area contributed by atoms with Gasteiger partial charge in [-0.1, -0.05) is 6.07 Å². The molecule has 2 heterocycles. The molecule has 2 rings (SSSR count). The smallest absolute Gasteiger partial charge is 0.267 e. The number of nitrogens with one attached hydrogen (secondary N) is 1. The molecule has 19 heavy (non-hydrogen) atoms. The van der Waals surface area contributed by atoms with Crippen molar-refractivity contribution in [2.24, 2.45) is 0 Å². The number of aryl methyl sites for hydroxylation is 1. The Labute approximate surface area is 112 Å². The lowest BCUT2D eigenvalue weighted by molar-refractivity contribution is 0.0945. The fourth-order valence-corrected chi connectivity index (χ4v) is 1.94. The van der Waals surface area contributed by atoms with Crippen molar-refractivity contribution < 1.29 is 4.79 Å². The molecule has 0 aliphatic heterocycles. The molecule has 0 saturated heterocycles. The summed E-state index contributed by atoms with van der Waals surface area (Å²) in [4.78, 5) is 16.1. The highest BCUT2D eigenvalue weighted by molar-refractivity contribution is 5.93. The van der Waals surface area contributed by atoms with Crippen LogP contribution in [-0.4, -0.2) is 22.0 Å². The van der Waals surface area contributed by atoms with E-state index in [4.69, 9.17) is 5.73 Å². The molecule has 0 atom stereocenters. The van der Waals surface area contributed by atoms with E-state index in [9.17, 15) is 4.79 Å². The van der Waals surface area contributed by atoms with Crippen LogP contribution in [0, 0.1) is 0 Å². The normalized spacial score (nSPS) is 10.4. The second-order valence-electron chi connectivity index (χ2n) is 4.31. The fraction of sp³-hybridized carbons (Fsp3) is 0.286. The van der Waals surface area contributed by atoms with Gasteiger partial charge in [0.15, 0.2) is 0 Å². The first-order valence-electron chi connectivity index (χ1n) is 6.33. The van der Waals surface area contributed by atoms with E-state index in [0.717, 1.165) is 18.5 Å². The van der Waals surface area contributed by atoms with E-state index in [0.29, 0.717) is 17.9 Å². The molecule has 100 valence electrons. The van der Waals surface area contributed by atoms with Crippen LogP contribution in [0.15, 0.2) is 36.8 Å². The maximum absolute atomic E-state index is 12.0. The van der Waals surface area contributed by atoms with E-state index < -0.39 is 0 Å². The molecule has 0 aliphatic carbocycles. The molecule has 0 bridgehead atoms. The van der Waals surface area contributed by atoms with Crippen LogP contribution in [0.4, 0.5) is 5.69 Å². The average Bonchev–Trinajstić information content (AvgIpc) is 2.81. The highest BCUT2D eigenvalue weighted by Gasteiger charge is 2.11. The summed E-state index contributed by atoms with van der Waals surface area (Å²) >= 11 is 0. The summed E-state index contributed by atoms with van der Waals surface area (Å²) in [7, 11) is 0. The summed E-state index contributed by atoms with van der Waals surface area (Å²) in [5.41, 5.74) is 8.02. The number of nitrogens with zero attached hydrogens (tertiary/aromatic N) is 2. The van der Waals surface area contributed by atoms with Crippen LogP contribution in [0.3, 0.4) is 0 Å². The Bertz CT molecular complexity index is 548. The lowest BCUT2D eigenvalue weighted by atomic mass is 10.2. The minimum atomic E-state index is -0.0950. The quantitative estimate of drug-likeness (QED) is 0.852. The van der Waals surface area contributed by atoms with Crippen molar-refractivity contribution in [3.05, 3.63) is 48.0 Å². The highest BCUT2D eigenvalue weighted by Crippen LogP contribution is 2.10. The number of carbonyl (C=O) groups is 1. The Morgan fingerprint density at radius 3 is 3.05 bits per heavy atom. The van der Waals surface area contributed by atoms with Crippen molar-refractivity contribution in [1.82, 2.24) is 14.9 Å². The summed E-state index contributed by atoms with van der Waals surface area (Å²) in [6, 6.07) is 5.58. The van der Waals surface area contributed by atoms with Crippen molar-refractivity contribution in [3.8, 4) is 0 Å². The van der Waals surface area contributed by atoms with Crippen molar-refractivity contribution in [2.75, 3.05) is 12.3 Å². The number of amides is 1. The van der Waals surface area contributed by atoms with Gasteiger partial charge in [0.05, 0.1) is 5.69 Å². The van der Waals surface area contributed by atoms with Crippen LogP contribution >= 0.6 is 0 Å². The van der Waals surface area contributed by atoms with Gasteiger partial charge < -0.3 is 15.6 Å². The predicted molar refractivity (Wildman–Crippen MR) is 74.8 cm³/mol. The third-order valence-electron chi connectivity index (χ3n) is 2.91. The van der Waals surface area contributed by atoms with Crippen LogP contribution in [0.5, 0.6) is 0 Å². The maximum Gasteiger partial charge on any atom is 0.267 e. The molecule has 5 heteroatoms. The number of pyridine rings is 1. The SMILES string of the molecule is CCn1cc(N)cc1C(=O)NCCc1cccnc1. The summed E-state index contributed by atoms with van der Waals surface area (Å²) in [6.45, 7) is 3.29. The molecule has 0 aliphatic rings. The van der Waals surface area contributed by atoms with E-state index in [1.807, 2.05) is 23.6 Å². The first kappa shape index (κ1) is 13.1. The van der Waals surface area contributed by atoms with Gasteiger partial charge >= 0.3 is 0 Å². The molecule has 0 spiro atoms. The average molecular weight is 258 g/mol. The minimum absolute atomic E-state index is 0.0950. The van der Waals surface area contributed by atoms with Gasteiger partial charge in [-0.15, -0.1) is 0 Å². The van der Waals surface area contributed by atoms with E-state index >= 15 is 0 Å². The molecular formula is C14H18N4O. The number of carbonyl (C=O) groups excluding carboxylic acids is 1. The number of hydrogen-bond donors (Lipinski definition) is 2. The molecular weight excluding hydrogens is 240 g/mol. The Kier molecular flexibility index (Phi) is 4.18. The van der Waals surface area contributed by atoms with Gasteiger partial charge in [-0.25, -0.2) is 0 Å². The molecule has 0 saturated carbocycles. The summed E-state index contributed by atoms with van der Waals surface area (Å²) in [6.07, 6.45) is 6.08. The number of aromatic nitrogens is 2. The molecule has 0 unspecified atom stereocenters. The van der Waals surface area contributed by atoms with Crippen LogP contribution in [0.2, 0.25) is 0 Å². The third kappa shape index (κ3) is 3.34. The van der Waals surface area contributed by atoms with Gasteiger partial charge in [-0.3, -0.25) is 9.78 Å². The standard InChI is InChI=1S/C14H18N4O/c1-2-18-10-12(15)8-13(18)14(19)17-7-5-11-4-3-6-16-9-11/h3-4,6,8-10H,2,5,7,15H2,1H3,(H,17,19). The van der Waals surface area contributed by atoms with Crippen molar-refractivity contribution in [3.63, 3.8) is 0 Å². The Balaban J connectivity index is 1.91. The fourth-order valence-electron chi connectivity index (χ4n) is 1.94. The van der Waals surface area contributed by atoms with Crippen molar-refractivity contribution in [1.29, 1.82) is 0 Å². The van der Waals surface area contributed by atoms with E-state index in [2.05, 4.69) is 10.3 Å². The first-order chi connectivity index (χ1) is 9.20. The second kappa shape index (κ2) is 6.04. The zero-order chi connectivity index (χ0) is 13.7. The first-order valence-corrected chi connectivity index (χ1v) is 6.33. The number of nitrogen functional groups attached to an aromatic ring is 1. The van der Waals surface area contributed by atoms with E-state index in [1.54, 1.807) is 24.7 Å². The van der Waals surface area contributed by atoms with Gasteiger partial charge in [0.2, 0.25) is 0 Å².